The molecule has 1 N–H and O–H groups in total. The summed E-state index contributed by atoms with van der Waals surface area (Å²) >= 11 is 3.11. The highest BCUT2D eigenvalue weighted by molar-refractivity contribution is 9.10. The molecule has 4 heterocycles. The van der Waals surface area contributed by atoms with Gasteiger partial charge in [-0.05, 0) is 40.2 Å². The molecule has 8 nitrogen and oxygen atoms in total. The number of amides is 1. The van der Waals surface area contributed by atoms with Gasteiger partial charge in [-0.15, -0.1) is 0 Å². The molecule has 0 fully saturated rings. The Labute approximate surface area is 172 Å². The monoisotopic (exact) mass is 484 g/mol. The standard InChI is InChI=1S/C17H9BrF4N6O2/c18-11-5-14-27(7-13(29)25-12-4-1-8(19)6-23-12)16(30)9-2-3-10(17(20,21)22)24-15(9)28(14)26-11/h1-6H,7H2,(H,23,25,29). The number of hydrogen-bond donors (Lipinski definition) is 1. The van der Waals surface area contributed by atoms with E-state index in [4.69, 9.17) is 0 Å². The maximum atomic E-state index is 13.0. The summed E-state index contributed by atoms with van der Waals surface area (Å²) in [6.07, 6.45) is -3.80. The molecule has 0 aliphatic carbocycles. The van der Waals surface area contributed by atoms with E-state index in [1.807, 2.05) is 0 Å². The van der Waals surface area contributed by atoms with Crippen molar-refractivity contribution in [1.82, 2.24) is 24.1 Å². The average Bonchev–Trinajstić information content (AvgIpc) is 3.07. The van der Waals surface area contributed by atoms with Crippen LogP contribution < -0.4 is 10.9 Å². The smallest absolute Gasteiger partial charge is 0.309 e. The highest BCUT2D eigenvalue weighted by Crippen LogP contribution is 2.28. The van der Waals surface area contributed by atoms with E-state index in [1.54, 1.807) is 0 Å². The van der Waals surface area contributed by atoms with E-state index >= 15 is 0 Å². The Hall–Kier alpha value is -3.35. The van der Waals surface area contributed by atoms with E-state index in [0.29, 0.717) is 6.07 Å². The number of hydrogen-bond acceptors (Lipinski definition) is 5. The summed E-state index contributed by atoms with van der Waals surface area (Å²) in [5.41, 5.74) is -2.16. The number of fused-ring (bicyclic) bond motifs is 3. The second-order valence-electron chi connectivity index (χ2n) is 6.10. The third-order valence-corrected chi connectivity index (χ3v) is 4.46. The van der Waals surface area contributed by atoms with Crippen molar-refractivity contribution in [3.63, 3.8) is 0 Å². The molecule has 1 amide bonds. The maximum absolute atomic E-state index is 13.0. The van der Waals surface area contributed by atoms with E-state index in [9.17, 15) is 27.2 Å². The molecule has 4 rings (SSSR count). The van der Waals surface area contributed by atoms with E-state index in [2.05, 4.69) is 36.3 Å². The van der Waals surface area contributed by atoms with Gasteiger partial charge in [0.25, 0.3) is 5.56 Å². The fourth-order valence-corrected chi connectivity index (χ4v) is 3.17. The zero-order valence-corrected chi connectivity index (χ0v) is 16.2. The molecule has 4 aromatic heterocycles. The summed E-state index contributed by atoms with van der Waals surface area (Å²) in [4.78, 5) is 32.5. The van der Waals surface area contributed by atoms with Gasteiger partial charge in [0.2, 0.25) is 5.91 Å². The molecule has 13 heteroatoms. The second-order valence-corrected chi connectivity index (χ2v) is 6.92. The zero-order chi connectivity index (χ0) is 21.6. The molecule has 0 aliphatic rings. The predicted molar refractivity (Wildman–Crippen MR) is 100 cm³/mol. The van der Waals surface area contributed by atoms with Crippen LogP contribution in [0.15, 0.2) is 45.9 Å². The quantitative estimate of drug-likeness (QED) is 0.451. The van der Waals surface area contributed by atoms with Gasteiger partial charge in [0.15, 0.2) is 5.65 Å². The molecular weight excluding hydrogens is 476 g/mol. The SMILES string of the molecule is O=C(Cn1c(=O)c2ccc(C(F)(F)F)nc2n2nc(Br)cc12)Nc1ccc(F)cn1. The lowest BCUT2D eigenvalue weighted by atomic mass is 10.2. The van der Waals surface area contributed by atoms with Gasteiger partial charge in [-0.3, -0.25) is 14.2 Å². The van der Waals surface area contributed by atoms with Crippen molar-refractivity contribution in [3.8, 4) is 0 Å². The van der Waals surface area contributed by atoms with Gasteiger partial charge in [-0.25, -0.2) is 14.4 Å². The summed E-state index contributed by atoms with van der Waals surface area (Å²) in [5, 5.41) is 6.28. The Bertz CT molecular complexity index is 1350. The summed E-state index contributed by atoms with van der Waals surface area (Å²) in [5.74, 6) is -1.18. The van der Waals surface area contributed by atoms with Crippen LogP contribution in [0.3, 0.4) is 0 Å². The summed E-state index contributed by atoms with van der Waals surface area (Å²) in [6.45, 7) is -0.490. The van der Waals surface area contributed by atoms with E-state index in [0.717, 1.165) is 27.4 Å². The number of halogens is 5. The van der Waals surface area contributed by atoms with Gasteiger partial charge < -0.3 is 5.32 Å². The number of rotatable bonds is 3. The lowest BCUT2D eigenvalue weighted by molar-refractivity contribution is -0.141. The number of aromatic nitrogens is 5. The molecule has 0 unspecified atom stereocenters. The van der Waals surface area contributed by atoms with Crippen LogP contribution in [0, 0.1) is 5.82 Å². The lowest BCUT2D eigenvalue weighted by Gasteiger charge is -2.12. The average molecular weight is 485 g/mol. The van der Waals surface area contributed by atoms with Crippen LogP contribution in [-0.4, -0.2) is 30.1 Å². The molecule has 0 aliphatic heterocycles. The number of carbonyl (C=O) groups is 1. The van der Waals surface area contributed by atoms with Crippen LogP contribution in [0.5, 0.6) is 0 Å². The number of pyridine rings is 2. The van der Waals surface area contributed by atoms with E-state index in [-0.39, 0.29) is 27.1 Å². The predicted octanol–water partition coefficient (Wildman–Crippen LogP) is 3.00. The van der Waals surface area contributed by atoms with Crippen LogP contribution >= 0.6 is 15.9 Å². The number of anilines is 1. The molecule has 0 atom stereocenters. The van der Waals surface area contributed by atoms with Gasteiger partial charge in [-0.1, -0.05) is 0 Å². The summed E-state index contributed by atoms with van der Waals surface area (Å²) in [6, 6.07) is 5.37. The third-order valence-electron chi connectivity index (χ3n) is 4.08. The minimum Gasteiger partial charge on any atom is -0.309 e. The van der Waals surface area contributed by atoms with Crippen molar-refractivity contribution in [2.24, 2.45) is 0 Å². The van der Waals surface area contributed by atoms with Gasteiger partial charge in [0.05, 0.1) is 11.6 Å². The van der Waals surface area contributed by atoms with E-state index < -0.39 is 35.7 Å². The minimum absolute atomic E-state index is 0.0495. The van der Waals surface area contributed by atoms with Crippen molar-refractivity contribution < 1.29 is 22.4 Å². The largest absolute Gasteiger partial charge is 0.433 e. The number of nitrogens with zero attached hydrogens (tertiary/aromatic N) is 5. The highest BCUT2D eigenvalue weighted by atomic mass is 79.9. The van der Waals surface area contributed by atoms with Gasteiger partial charge in [0.1, 0.15) is 34.1 Å². The Morgan fingerprint density at radius 1 is 1.20 bits per heavy atom. The minimum atomic E-state index is -4.71. The normalized spacial score (nSPS) is 11.9. The lowest BCUT2D eigenvalue weighted by Crippen LogP contribution is -2.30. The Kier molecular flexibility index (Phi) is 4.76. The third kappa shape index (κ3) is 3.63. The van der Waals surface area contributed by atoms with Gasteiger partial charge >= 0.3 is 6.18 Å². The van der Waals surface area contributed by atoms with Crippen molar-refractivity contribution in [3.05, 3.63) is 63.0 Å². The van der Waals surface area contributed by atoms with E-state index in [1.165, 1.54) is 12.1 Å². The van der Waals surface area contributed by atoms with Crippen LogP contribution in [0.25, 0.3) is 16.7 Å². The Morgan fingerprint density at radius 3 is 2.63 bits per heavy atom. The number of carbonyl (C=O) groups excluding carboxylic acids is 1. The molecular formula is C17H9BrF4N6O2. The van der Waals surface area contributed by atoms with Crippen LogP contribution in [-0.2, 0) is 17.5 Å². The first-order valence-electron chi connectivity index (χ1n) is 8.21. The van der Waals surface area contributed by atoms with Crippen molar-refractivity contribution in [2.45, 2.75) is 12.7 Å². The molecule has 30 heavy (non-hydrogen) atoms. The first kappa shape index (κ1) is 19.9. The van der Waals surface area contributed by atoms with Crippen LogP contribution in [0.2, 0.25) is 0 Å². The second kappa shape index (κ2) is 7.16. The first-order chi connectivity index (χ1) is 14.1. The topological polar surface area (TPSA) is 94.2 Å². The molecule has 0 spiro atoms. The molecule has 0 saturated carbocycles. The van der Waals surface area contributed by atoms with Gasteiger partial charge in [-0.2, -0.15) is 22.8 Å². The van der Waals surface area contributed by atoms with Crippen molar-refractivity contribution in [1.29, 1.82) is 0 Å². The molecule has 4 aromatic rings. The molecule has 0 saturated heterocycles. The molecule has 154 valence electrons. The van der Waals surface area contributed by atoms with Crippen molar-refractivity contribution >= 4 is 44.3 Å². The summed E-state index contributed by atoms with van der Waals surface area (Å²) in [7, 11) is 0. The van der Waals surface area contributed by atoms with Crippen LogP contribution in [0.1, 0.15) is 5.69 Å². The molecule has 0 aromatic carbocycles. The fourth-order valence-electron chi connectivity index (χ4n) is 2.80. The molecule has 0 radical (unpaired) electrons. The molecule has 0 bridgehead atoms. The fraction of sp³-hybridized carbons (Fsp3) is 0.118. The number of alkyl halides is 3. The van der Waals surface area contributed by atoms with Crippen LogP contribution in [0.4, 0.5) is 23.4 Å². The van der Waals surface area contributed by atoms with Crippen molar-refractivity contribution in [2.75, 3.05) is 5.32 Å². The highest BCUT2D eigenvalue weighted by Gasteiger charge is 2.33. The Balaban J connectivity index is 1.81. The first-order valence-corrected chi connectivity index (χ1v) is 9.00. The van der Waals surface area contributed by atoms with Gasteiger partial charge in [0, 0.05) is 6.07 Å². The Morgan fingerprint density at radius 2 is 1.97 bits per heavy atom. The summed E-state index contributed by atoms with van der Waals surface area (Å²) < 4.78 is 54.4. The number of nitrogens with one attached hydrogen (secondary N) is 1. The maximum Gasteiger partial charge on any atom is 0.433 e. The zero-order valence-electron chi connectivity index (χ0n) is 14.6.